The van der Waals surface area contributed by atoms with Gasteiger partial charge in [0.1, 0.15) is 6.42 Å². The summed E-state index contributed by atoms with van der Waals surface area (Å²) in [4.78, 5) is 13.0. The van der Waals surface area contributed by atoms with Crippen LogP contribution in [0.4, 0.5) is 5.69 Å². The van der Waals surface area contributed by atoms with Crippen molar-refractivity contribution in [2.24, 2.45) is 0 Å². The number of carbonyl (C=O) groups excluding carboxylic acids is 1. The minimum atomic E-state index is -0.240. The molecule has 0 atom stereocenters. The van der Waals surface area contributed by atoms with Crippen molar-refractivity contribution in [3.05, 3.63) is 35.9 Å². The van der Waals surface area contributed by atoms with E-state index in [1.807, 2.05) is 24.3 Å². The van der Waals surface area contributed by atoms with Gasteiger partial charge in [0.05, 0.1) is 12.7 Å². The third-order valence-corrected chi connectivity index (χ3v) is 2.28. The van der Waals surface area contributed by atoms with Gasteiger partial charge in [-0.2, -0.15) is 5.26 Å². The highest BCUT2D eigenvalue weighted by Gasteiger charge is 2.09. The van der Waals surface area contributed by atoms with Crippen molar-refractivity contribution < 1.29 is 9.90 Å². The summed E-state index contributed by atoms with van der Waals surface area (Å²) in [7, 11) is 1.63. The van der Waals surface area contributed by atoms with Crippen LogP contribution in [0.3, 0.4) is 0 Å². The summed E-state index contributed by atoms with van der Waals surface area (Å²) < 4.78 is 0. The number of amides is 1. The number of carbonyl (C=O) groups is 1. The smallest absolute Gasteiger partial charge is 0.240 e. The molecule has 1 rings (SSSR count). The van der Waals surface area contributed by atoms with Crippen molar-refractivity contribution in [3.63, 3.8) is 0 Å². The zero-order valence-electron chi connectivity index (χ0n) is 9.63. The molecule has 0 radical (unpaired) electrons. The van der Waals surface area contributed by atoms with E-state index in [4.69, 9.17) is 10.4 Å². The average molecular weight is 230 g/mol. The quantitative estimate of drug-likeness (QED) is 0.853. The van der Waals surface area contributed by atoms with Gasteiger partial charge in [-0.25, -0.2) is 0 Å². The van der Waals surface area contributed by atoms with E-state index in [9.17, 15) is 4.79 Å². The maximum absolute atomic E-state index is 11.5. The molecule has 0 saturated carbocycles. The molecular formula is C13H14N2O2. The molecule has 0 aromatic heterocycles. The summed E-state index contributed by atoms with van der Waals surface area (Å²) in [6.45, 7) is -0.0204. The van der Waals surface area contributed by atoms with Crippen molar-refractivity contribution in [3.8, 4) is 6.07 Å². The molecule has 0 heterocycles. The van der Waals surface area contributed by atoms with Crippen LogP contribution >= 0.6 is 0 Å². The highest BCUT2D eigenvalue weighted by molar-refractivity contribution is 5.94. The molecule has 0 unspecified atom stereocenters. The van der Waals surface area contributed by atoms with Gasteiger partial charge < -0.3 is 10.0 Å². The van der Waals surface area contributed by atoms with Gasteiger partial charge in [-0.3, -0.25) is 4.79 Å². The van der Waals surface area contributed by atoms with Crippen LogP contribution in [0.2, 0.25) is 0 Å². The van der Waals surface area contributed by atoms with Crippen molar-refractivity contribution in [1.82, 2.24) is 0 Å². The minimum absolute atomic E-state index is 0.0204. The van der Waals surface area contributed by atoms with E-state index in [-0.39, 0.29) is 18.9 Å². The predicted molar refractivity (Wildman–Crippen MR) is 66.2 cm³/mol. The van der Waals surface area contributed by atoms with Crippen LogP contribution in [0.1, 0.15) is 12.0 Å². The summed E-state index contributed by atoms with van der Waals surface area (Å²) in [6.07, 6.45) is 3.26. The molecule has 4 heteroatoms. The lowest BCUT2D eigenvalue weighted by atomic mass is 10.1. The zero-order valence-corrected chi connectivity index (χ0v) is 9.63. The van der Waals surface area contributed by atoms with Gasteiger partial charge in [0, 0.05) is 12.7 Å². The third kappa shape index (κ3) is 3.74. The van der Waals surface area contributed by atoms with Crippen LogP contribution < -0.4 is 4.90 Å². The van der Waals surface area contributed by atoms with Crippen molar-refractivity contribution in [2.45, 2.75) is 6.42 Å². The van der Waals surface area contributed by atoms with Gasteiger partial charge in [0.2, 0.25) is 5.91 Å². The second kappa shape index (κ2) is 6.46. The maximum atomic E-state index is 11.5. The van der Waals surface area contributed by atoms with Gasteiger partial charge in [-0.15, -0.1) is 0 Å². The normalized spacial score (nSPS) is 10.2. The third-order valence-electron chi connectivity index (χ3n) is 2.28. The lowest BCUT2D eigenvalue weighted by molar-refractivity contribution is -0.117. The number of aliphatic hydroxyl groups is 1. The Morgan fingerprint density at radius 2 is 2.35 bits per heavy atom. The SMILES string of the molecule is CN(C(=O)CC#N)c1cccc(/C=C/CO)c1. The van der Waals surface area contributed by atoms with Crippen LogP contribution in [0.25, 0.3) is 6.08 Å². The second-order valence-electron chi connectivity index (χ2n) is 3.47. The molecule has 0 aliphatic carbocycles. The minimum Gasteiger partial charge on any atom is -0.392 e. The molecule has 0 spiro atoms. The van der Waals surface area contributed by atoms with Gasteiger partial charge in [0.25, 0.3) is 0 Å². The second-order valence-corrected chi connectivity index (χ2v) is 3.47. The molecule has 0 fully saturated rings. The first-order valence-corrected chi connectivity index (χ1v) is 5.20. The molecule has 88 valence electrons. The fourth-order valence-electron chi connectivity index (χ4n) is 1.36. The highest BCUT2D eigenvalue weighted by Crippen LogP contribution is 2.16. The highest BCUT2D eigenvalue weighted by atomic mass is 16.2. The molecule has 17 heavy (non-hydrogen) atoms. The van der Waals surface area contributed by atoms with E-state index in [1.54, 1.807) is 25.3 Å². The first-order valence-electron chi connectivity index (χ1n) is 5.20. The molecular weight excluding hydrogens is 216 g/mol. The molecule has 4 nitrogen and oxygen atoms in total. The summed E-state index contributed by atoms with van der Waals surface area (Å²) in [5.74, 6) is -0.240. The van der Waals surface area contributed by atoms with Crippen LogP contribution in [0.5, 0.6) is 0 Å². The summed E-state index contributed by atoms with van der Waals surface area (Å²) in [6, 6.07) is 9.14. The van der Waals surface area contributed by atoms with Gasteiger partial charge >= 0.3 is 0 Å². The Balaban J connectivity index is 2.88. The Morgan fingerprint density at radius 1 is 1.59 bits per heavy atom. The van der Waals surface area contributed by atoms with E-state index in [2.05, 4.69) is 0 Å². The van der Waals surface area contributed by atoms with Gasteiger partial charge in [-0.05, 0) is 17.7 Å². The number of benzene rings is 1. The van der Waals surface area contributed by atoms with E-state index in [0.29, 0.717) is 0 Å². The van der Waals surface area contributed by atoms with Crippen LogP contribution in [0, 0.1) is 11.3 Å². The Labute approximate surface area is 100 Å². The maximum Gasteiger partial charge on any atom is 0.240 e. The van der Waals surface area contributed by atoms with E-state index >= 15 is 0 Å². The Kier molecular flexibility index (Phi) is 4.92. The van der Waals surface area contributed by atoms with E-state index in [1.165, 1.54) is 4.90 Å². The molecule has 0 bridgehead atoms. The van der Waals surface area contributed by atoms with Gasteiger partial charge in [-0.1, -0.05) is 24.3 Å². The Morgan fingerprint density at radius 3 is 3.00 bits per heavy atom. The topological polar surface area (TPSA) is 64.3 Å². The molecule has 0 aliphatic rings. The molecule has 1 aromatic carbocycles. The largest absolute Gasteiger partial charge is 0.392 e. The van der Waals surface area contributed by atoms with E-state index < -0.39 is 0 Å². The number of hydrogen-bond acceptors (Lipinski definition) is 3. The van der Waals surface area contributed by atoms with Crippen molar-refractivity contribution in [1.29, 1.82) is 5.26 Å². The fourth-order valence-corrected chi connectivity index (χ4v) is 1.36. The lowest BCUT2D eigenvalue weighted by Gasteiger charge is -2.16. The molecule has 1 amide bonds. The molecule has 1 N–H and O–H groups in total. The Bertz CT molecular complexity index is 461. The average Bonchev–Trinajstić information content (AvgIpc) is 2.36. The number of nitrogens with zero attached hydrogens (tertiary/aromatic N) is 2. The number of aliphatic hydroxyl groups excluding tert-OH is 1. The van der Waals surface area contributed by atoms with Crippen LogP contribution in [0.15, 0.2) is 30.3 Å². The number of rotatable bonds is 4. The summed E-state index contributed by atoms with van der Waals surface area (Å²) in [5, 5.41) is 17.1. The van der Waals surface area contributed by atoms with E-state index in [0.717, 1.165) is 11.3 Å². The lowest BCUT2D eigenvalue weighted by Crippen LogP contribution is -2.25. The molecule has 0 aliphatic heterocycles. The summed E-state index contributed by atoms with van der Waals surface area (Å²) in [5.41, 5.74) is 1.62. The standard InChI is InChI=1S/C13H14N2O2/c1-15(13(17)7-8-14)12-6-2-4-11(10-12)5-3-9-16/h2-6,10,16H,7,9H2,1H3/b5-3+. The number of hydrogen-bond donors (Lipinski definition) is 1. The van der Waals surface area contributed by atoms with Crippen LogP contribution in [-0.4, -0.2) is 24.7 Å². The molecule has 1 aromatic rings. The van der Waals surface area contributed by atoms with Crippen molar-refractivity contribution in [2.75, 3.05) is 18.6 Å². The van der Waals surface area contributed by atoms with Crippen molar-refractivity contribution >= 4 is 17.7 Å². The predicted octanol–water partition coefficient (Wildman–Crippen LogP) is 1.57. The monoisotopic (exact) mass is 230 g/mol. The first kappa shape index (κ1) is 12.9. The zero-order chi connectivity index (χ0) is 12.7. The number of anilines is 1. The summed E-state index contributed by atoms with van der Waals surface area (Å²) >= 11 is 0. The fraction of sp³-hybridized carbons (Fsp3) is 0.231. The number of nitriles is 1. The van der Waals surface area contributed by atoms with Gasteiger partial charge in [0.15, 0.2) is 0 Å². The molecule has 0 saturated heterocycles. The van der Waals surface area contributed by atoms with Crippen LogP contribution in [-0.2, 0) is 4.79 Å². The Hall–Kier alpha value is -2.12. The first-order chi connectivity index (χ1) is 8.19.